The van der Waals surface area contributed by atoms with Gasteiger partial charge in [-0.1, -0.05) is 115 Å². The molecule has 266 valence electrons. The molecule has 0 unspecified atom stereocenters. The lowest BCUT2D eigenvalue weighted by Crippen LogP contribution is -2.27. The van der Waals surface area contributed by atoms with Gasteiger partial charge in [-0.15, -0.1) is 0 Å². The number of hydrogen-bond acceptors (Lipinski definition) is 7. The van der Waals surface area contributed by atoms with Gasteiger partial charge in [-0.3, -0.25) is 4.57 Å². The number of para-hydroxylation sites is 2. The number of rotatable bonds is 14. The second-order valence-corrected chi connectivity index (χ2v) is 14.6. The SMILES string of the molecule is CCCCCCCC[C@H]1COc2ccccc2P(=O)(O)c2ccccc2OC[C@H](CCCCCCCC)OCCOCCOCCO1. The van der Waals surface area contributed by atoms with Crippen molar-refractivity contribution in [3.63, 3.8) is 0 Å². The van der Waals surface area contributed by atoms with Crippen molar-refractivity contribution >= 4 is 18.0 Å². The molecule has 9 heteroatoms. The summed E-state index contributed by atoms with van der Waals surface area (Å²) in [6.07, 6.45) is 15.7. The van der Waals surface area contributed by atoms with E-state index in [9.17, 15) is 9.46 Å². The van der Waals surface area contributed by atoms with Gasteiger partial charge in [-0.05, 0) is 37.1 Å². The molecular weight excluding hydrogens is 615 g/mol. The van der Waals surface area contributed by atoms with Crippen LogP contribution in [0, 0.1) is 0 Å². The highest BCUT2D eigenvalue weighted by molar-refractivity contribution is 7.73. The van der Waals surface area contributed by atoms with Crippen molar-refractivity contribution in [2.45, 2.75) is 116 Å². The molecule has 2 atom stereocenters. The molecule has 0 radical (unpaired) electrons. The summed E-state index contributed by atoms with van der Waals surface area (Å²) in [5, 5.41) is 0.501. The molecule has 1 aliphatic rings. The maximum absolute atomic E-state index is 14.3. The molecule has 1 heterocycles. The highest BCUT2D eigenvalue weighted by Gasteiger charge is 2.32. The highest BCUT2D eigenvalue weighted by Crippen LogP contribution is 2.44. The summed E-state index contributed by atoms with van der Waals surface area (Å²) in [5.74, 6) is 0.765. The fourth-order valence-electron chi connectivity index (χ4n) is 5.76. The summed E-state index contributed by atoms with van der Waals surface area (Å²) >= 11 is 0. The van der Waals surface area contributed by atoms with E-state index >= 15 is 0 Å². The first-order valence-electron chi connectivity index (χ1n) is 18.2. The molecule has 2 aromatic rings. The zero-order valence-corrected chi connectivity index (χ0v) is 30.0. The first-order valence-corrected chi connectivity index (χ1v) is 19.9. The minimum atomic E-state index is -4.08. The Hall–Kier alpha value is -1.93. The maximum Gasteiger partial charge on any atom is 0.266 e. The first-order chi connectivity index (χ1) is 23.1. The van der Waals surface area contributed by atoms with Crippen LogP contribution in [0.2, 0.25) is 0 Å². The van der Waals surface area contributed by atoms with Gasteiger partial charge < -0.3 is 33.3 Å². The van der Waals surface area contributed by atoms with Crippen molar-refractivity contribution in [1.29, 1.82) is 0 Å². The Morgan fingerprint density at radius 1 is 0.574 bits per heavy atom. The number of hydrogen-bond donors (Lipinski definition) is 1. The lowest BCUT2D eigenvalue weighted by Gasteiger charge is -2.23. The molecule has 0 fully saturated rings. The van der Waals surface area contributed by atoms with E-state index in [1.165, 1.54) is 51.4 Å². The Labute approximate surface area is 284 Å². The average molecular weight is 677 g/mol. The lowest BCUT2D eigenvalue weighted by molar-refractivity contribution is -0.0422. The maximum atomic E-state index is 14.3. The van der Waals surface area contributed by atoms with E-state index in [0.717, 1.165) is 38.5 Å². The van der Waals surface area contributed by atoms with Gasteiger partial charge in [0.2, 0.25) is 0 Å². The molecule has 1 N–H and O–H groups in total. The van der Waals surface area contributed by atoms with E-state index in [1.807, 2.05) is 12.1 Å². The quantitative estimate of drug-likeness (QED) is 0.159. The second kappa shape index (κ2) is 24.2. The van der Waals surface area contributed by atoms with Crippen molar-refractivity contribution in [3.8, 4) is 11.5 Å². The van der Waals surface area contributed by atoms with Gasteiger partial charge in [0.1, 0.15) is 24.7 Å². The summed E-state index contributed by atoms with van der Waals surface area (Å²) in [6.45, 7) is 7.80. The predicted octanol–water partition coefficient (Wildman–Crippen LogP) is 7.98. The second-order valence-electron chi connectivity index (χ2n) is 12.5. The molecule has 2 aromatic carbocycles. The van der Waals surface area contributed by atoms with Gasteiger partial charge in [0.15, 0.2) is 0 Å². The number of ether oxygens (including phenoxy) is 6. The van der Waals surface area contributed by atoms with Crippen LogP contribution in [0.15, 0.2) is 48.5 Å². The smallest absolute Gasteiger partial charge is 0.266 e. The van der Waals surface area contributed by atoms with Crippen molar-refractivity contribution in [2.75, 3.05) is 52.9 Å². The van der Waals surface area contributed by atoms with Crippen LogP contribution in [0.5, 0.6) is 11.5 Å². The minimum absolute atomic E-state index is 0.155. The Bertz CT molecular complexity index is 1040. The predicted molar refractivity (Wildman–Crippen MR) is 190 cm³/mol. The zero-order valence-electron chi connectivity index (χ0n) is 29.1. The largest absolute Gasteiger partial charge is 0.490 e. The van der Waals surface area contributed by atoms with Crippen molar-refractivity contribution < 1.29 is 37.9 Å². The zero-order chi connectivity index (χ0) is 33.4. The fraction of sp³-hybridized carbons (Fsp3) is 0.684. The van der Waals surface area contributed by atoms with Crippen LogP contribution in [0.4, 0.5) is 0 Å². The molecule has 0 spiro atoms. The van der Waals surface area contributed by atoms with Crippen molar-refractivity contribution in [3.05, 3.63) is 48.5 Å². The summed E-state index contributed by atoms with van der Waals surface area (Å²) in [6, 6.07) is 14.0. The lowest BCUT2D eigenvalue weighted by atomic mass is 10.1. The van der Waals surface area contributed by atoms with Crippen LogP contribution in [-0.4, -0.2) is 70.0 Å². The molecular formula is C38H61O8P. The molecule has 1 aliphatic heterocycles. The minimum Gasteiger partial charge on any atom is -0.490 e. The number of unbranched alkanes of at least 4 members (excludes halogenated alkanes) is 10. The standard InChI is InChI=1S/C38H61O8P/c1-3-5-7-9-11-13-19-33-31-45-35-21-15-17-23-37(35)47(39,40)38-24-18-16-22-36(38)46-32-34(20-14-12-10-8-6-4-2)44-30-28-42-26-25-41-27-29-43-33/h15-18,21-24,33-34H,3-14,19-20,25-32H2,1-2H3,(H,39,40)/t33-,34-/m0/s1. The Balaban J connectivity index is 1.75. The van der Waals surface area contributed by atoms with Crippen LogP contribution in [0.1, 0.15) is 104 Å². The molecule has 0 bridgehead atoms. The van der Waals surface area contributed by atoms with Crippen LogP contribution < -0.4 is 20.1 Å². The van der Waals surface area contributed by atoms with Gasteiger partial charge in [0.05, 0.1) is 62.5 Å². The molecule has 0 aliphatic carbocycles. The van der Waals surface area contributed by atoms with Gasteiger partial charge in [0, 0.05) is 0 Å². The summed E-state index contributed by atoms with van der Waals surface area (Å²) < 4.78 is 50.7. The van der Waals surface area contributed by atoms with Crippen LogP contribution in [-0.2, 0) is 23.5 Å². The molecule has 47 heavy (non-hydrogen) atoms. The molecule has 0 saturated carbocycles. The van der Waals surface area contributed by atoms with Gasteiger partial charge in [0.25, 0.3) is 7.37 Å². The first kappa shape index (κ1) is 39.5. The van der Waals surface area contributed by atoms with Crippen LogP contribution >= 0.6 is 7.37 Å². The molecule has 3 rings (SSSR count). The topological polar surface area (TPSA) is 92.7 Å². The van der Waals surface area contributed by atoms with Crippen LogP contribution in [0.3, 0.4) is 0 Å². The summed E-state index contributed by atoms with van der Waals surface area (Å²) in [4.78, 5) is 11.7. The molecule has 0 aromatic heterocycles. The summed E-state index contributed by atoms with van der Waals surface area (Å²) in [7, 11) is -4.08. The highest BCUT2D eigenvalue weighted by atomic mass is 31.2. The average Bonchev–Trinajstić information content (AvgIpc) is 3.08. The van der Waals surface area contributed by atoms with Gasteiger partial charge >= 0.3 is 0 Å². The van der Waals surface area contributed by atoms with Gasteiger partial charge in [-0.2, -0.15) is 0 Å². The third-order valence-corrected chi connectivity index (χ3v) is 10.6. The number of benzene rings is 2. The van der Waals surface area contributed by atoms with E-state index < -0.39 is 7.37 Å². The monoisotopic (exact) mass is 676 g/mol. The third kappa shape index (κ3) is 15.4. The van der Waals surface area contributed by atoms with Crippen LogP contribution in [0.25, 0.3) is 0 Å². The van der Waals surface area contributed by atoms with E-state index in [1.54, 1.807) is 36.4 Å². The molecule has 0 saturated heterocycles. The van der Waals surface area contributed by atoms with E-state index in [-0.39, 0.29) is 36.0 Å². The summed E-state index contributed by atoms with van der Waals surface area (Å²) in [5.41, 5.74) is 0. The van der Waals surface area contributed by atoms with Crippen molar-refractivity contribution in [1.82, 2.24) is 0 Å². The van der Waals surface area contributed by atoms with Gasteiger partial charge in [-0.25, -0.2) is 0 Å². The molecule has 0 amide bonds. The van der Waals surface area contributed by atoms with E-state index in [0.29, 0.717) is 51.1 Å². The normalized spacial score (nSPS) is 20.1. The Morgan fingerprint density at radius 2 is 0.957 bits per heavy atom. The number of fused-ring (bicyclic) bond motifs is 2. The molecule has 8 nitrogen and oxygen atoms in total. The Kier molecular flexibility index (Phi) is 20.4. The fourth-order valence-corrected chi connectivity index (χ4v) is 7.47. The van der Waals surface area contributed by atoms with E-state index in [4.69, 9.17) is 28.4 Å². The van der Waals surface area contributed by atoms with Crippen molar-refractivity contribution in [2.24, 2.45) is 0 Å². The Morgan fingerprint density at radius 3 is 1.40 bits per heavy atom. The third-order valence-electron chi connectivity index (χ3n) is 8.53. The van der Waals surface area contributed by atoms with E-state index in [2.05, 4.69) is 13.8 Å².